The van der Waals surface area contributed by atoms with Gasteiger partial charge in [-0.25, -0.2) is 4.79 Å². The van der Waals surface area contributed by atoms with Crippen molar-refractivity contribution in [3.05, 3.63) is 59.7 Å². The maximum absolute atomic E-state index is 12.6. The largest absolute Gasteiger partial charge is 0.449 e. The molecule has 0 aliphatic carbocycles. The molecule has 1 heterocycles. The molecule has 30 heavy (non-hydrogen) atoms. The second-order valence-corrected chi connectivity index (χ2v) is 6.81. The van der Waals surface area contributed by atoms with Crippen LogP contribution >= 0.6 is 0 Å². The Morgan fingerprint density at radius 1 is 1.07 bits per heavy atom. The van der Waals surface area contributed by atoms with Gasteiger partial charge < -0.3 is 15.0 Å². The minimum atomic E-state index is -4.47. The van der Waals surface area contributed by atoms with Gasteiger partial charge in [0.2, 0.25) is 5.91 Å². The van der Waals surface area contributed by atoms with Crippen molar-refractivity contribution in [2.24, 2.45) is 0 Å². The zero-order chi connectivity index (χ0) is 21.9. The number of ether oxygens (including phenoxy) is 1. The predicted molar refractivity (Wildman–Crippen MR) is 103 cm³/mol. The van der Waals surface area contributed by atoms with Gasteiger partial charge in [-0.05, 0) is 61.9 Å². The molecular weight excluding hydrogens is 401 g/mol. The molecule has 9 heteroatoms. The number of carbonyl (C=O) groups excluding carboxylic acids is 3. The van der Waals surface area contributed by atoms with Gasteiger partial charge in [0.1, 0.15) is 0 Å². The molecule has 0 bridgehead atoms. The normalized spacial score (nSPS) is 15.1. The Labute approximate surface area is 170 Å². The molecule has 2 aromatic rings. The van der Waals surface area contributed by atoms with E-state index in [1.807, 2.05) is 0 Å². The van der Waals surface area contributed by atoms with Gasteiger partial charge in [-0.1, -0.05) is 0 Å². The summed E-state index contributed by atoms with van der Waals surface area (Å²) in [6.45, 7) is 1.98. The highest BCUT2D eigenvalue weighted by molar-refractivity contribution is 5.98. The van der Waals surface area contributed by atoms with E-state index in [4.69, 9.17) is 4.74 Å². The van der Waals surface area contributed by atoms with Crippen LogP contribution in [0, 0.1) is 0 Å². The molecule has 1 saturated heterocycles. The third kappa shape index (κ3) is 4.97. The van der Waals surface area contributed by atoms with E-state index in [0.29, 0.717) is 18.7 Å². The van der Waals surface area contributed by atoms with Crippen molar-refractivity contribution in [2.45, 2.75) is 32.0 Å². The average molecular weight is 420 g/mol. The van der Waals surface area contributed by atoms with Gasteiger partial charge in [-0.15, -0.1) is 0 Å². The molecule has 1 atom stereocenters. The Hall–Kier alpha value is -3.36. The molecule has 0 radical (unpaired) electrons. The number of amides is 2. The van der Waals surface area contributed by atoms with Gasteiger partial charge in [0, 0.05) is 24.3 Å². The first-order valence-corrected chi connectivity index (χ1v) is 9.24. The molecule has 1 aliphatic heterocycles. The summed E-state index contributed by atoms with van der Waals surface area (Å²) >= 11 is 0. The number of hydrogen-bond acceptors (Lipinski definition) is 4. The fourth-order valence-electron chi connectivity index (χ4n) is 2.97. The SMILES string of the molecule is CC(OC(=O)c1ccc(N2CCCC2=O)cc1)C(=O)Nc1ccc(C(F)(F)F)cc1. The summed E-state index contributed by atoms with van der Waals surface area (Å²) in [7, 11) is 0. The van der Waals surface area contributed by atoms with Gasteiger partial charge in [-0.3, -0.25) is 9.59 Å². The number of alkyl halides is 3. The summed E-state index contributed by atoms with van der Waals surface area (Å²) < 4.78 is 42.9. The average Bonchev–Trinajstić information content (AvgIpc) is 3.13. The van der Waals surface area contributed by atoms with Crippen molar-refractivity contribution in [1.29, 1.82) is 0 Å². The molecule has 0 saturated carbocycles. The summed E-state index contributed by atoms with van der Waals surface area (Å²) in [5, 5.41) is 2.40. The zero-order valence-corrected chi connectivity index (χ0v) is 16.0. The van der Waals surface area contributed by atoms with E-state index < -0.39 is 29.7 Å². The lowest BCUT2D eigenvalue weighted by Gasteiger charge is -2.16. The summed E-state index contributed by atoms with van der Waals surface area (Å²) in [5.74, 6) is -1.38. The highest BCUT2D eigenvalue weighted by Gasteiger charge is 2.30. The topological polar surface area (TPSA) is 75.7 Å². The summed E-state index contributed by atoms with van der Waals surface area (Å²) in [4.78, 5) is 37.8. The standard InChI is InChI=1S/C21H19F3N2O4/c1-13(19(28)25-16-8-6-15(7-9-16)21(22,23)24)30-20(29)14-4-10-17(11-5-14)26-12-2-3-18(26)27/h4-11,13H,2-3,12H2,1H3,(H,25,28). The molecular formula is C21H19F3N2O4. The first kappa shape index (κ1) is 21.4. The Kier molecular flexibility index (Phi) is 6.09. The smallest absolute Gasteiger partial charge is 0.416 e. The maximum atomic E-state index is 12.6. The van der Waals surface area contributed by atoms with Crippen molar-refractivity contribution in [1.82, 2.24) is 0 Å². The van der Waals surface area contributed by atoms with Gasteiger partial charge in [0.25, 0.3) is 5.91 Å². The molecule has 0 spiro atoms. The van der Waals surface area contributed by atoms with Crippen LogP contribution < -0.4 is 10.2 Å². The molecule has 1 aliphatic rings. The van der Waals surface area contributed by atoms with Crippen molar-refractivity contribution < 1.29 is 32.3 Å². The van der Waals surface area contributed by atoms with Gasteiger partial charge in [0.15, 0.2) is 6.10 Å². The van der Waals surface area contributed by atoms with Crippen LogP contribution in [0.1, 0.15) is 35.7 Å². The lowest BCUT2D eigenvalue weighted by molar-refractivity contribution is -0.137. The minimum absolute atomic E-state index is 0.0267. The monoisotopic (exact) mass is 420 g/mol. The maximum Gasteiger partial charge on any atom is 0.416 e. The van der Waals surface area contributed by atoms with Crippen LogP contribution in [-0.2, 0) is 20.5 Å². The van der Waals surface area contributed by atoms with Crippen LogP contribution in [0.3, 0.4) is 0 Å². The Balaban J connectivity index is 1.57. The van der Waals surface area contributed by atoms with Crippen molar-refractivity contribution in [3.63, 3.8) is 0 Å². The molecule has 2 aromatic carbocycles. The second-order valence-electron chi connectivity index (χ2n) is 6.81. The fraction of sp³-hybridized carbons (Fsp3) is 0.286. The number of rotatable bonds is 5. The third-order valence-corrected chi connectivity index (χ3v) is 4.62. The quantitative estimate of drug-likeness (QED) is 0.742. The van der Waals surface area contributed by atoms with Crippen molar-refractivity contribution in [3.8, 4) is 0 Å². The van der Waals surface area contributed by atoms with Crippen molar-refractivity contribution in [2.75, 3.05) is 16.8 Å². The number of nitrogens with one attached hydrogen (secondary N) is 1. The van der Waals surface area contributed by atoms with E-state index >= 15 is 0 Å². The van der Waals surface area contributed by atoms with Gasteiger partial charge in [-0.2, -0.15) is 13.2 Å². The molecule has 3 rings (SSSR count). The predicted octanol–water partition coefficient (Wildman–Crippen LogP) is 4.02. The van der Waals surface area contributed by atoms with E-state index in [1.54, 1.807) is 17.0 Å². The zero-order valence-electron chi connectivity index (χ0n) is 16.0. The molecule has 1 fully saturated rings. The molecule has 158 valence electrons. The molecule has 1 N–H and O–H groups in total. The summed E-state index contributed by atoms with van der Waals surface area (Å²) in [6.07, 6.45) is -4.35. The number of anilines is 2. The molecule has 0 aromatic heterocycles. The van der Waals surface area contributed by atoms with Crippen LogP contribution in [-0.4, -0.2) is 30.4 Å². The van der Waals surface area contributed by atoms with E-state index in [9.17, 15) is 27.6 Å². The van der Waals surface area contributed by atoms with Crippen molar-refractivity contribution >= 4 is 29.2 Å². The van der Waals surface area contributed by atoms with E-state index in [2.05, 4.69) is 5.32 Å². The third-order valence-electron chi connectivity index (χ3n) is 4.62. The number of nitrogens with zero attached hydrogens (tertiary/aromatic N) is 1. The van der Waals surface area contributed by atoms with Crippen LogP contribution in [0.25, 0.3) is 0 Å². The number of halogens is 3. The Morgan fingerprint density at radius 3 is 2.23 bits per heavy atom. The lowest BCUT2D eigenvalue weighted by atomic mass is 10.2. The van der Waals surface area contributed by atoms with E-state index in [1.165, 1.54) is 19.1 Å². The van der Waals surface area contributed by atoms with Gasteiger partial charge in [0.05, 0.1) is 11.1 Å². The molecule has 2 amide bonds. The summed E-state index contributed by atoms with van der Waals surface area (Å²) in [6, 6.07) is 10.2. The van der Waals surface area contributed by atoms with Crippen LogP contribution in [0.2, 0.25) is 0 Å². The first-order chi connectivity index (χ1) is 14.1. The second kappa shape index (κ2) is 8.56. The number of benzene rings is 2. The molecule has 6 nitrogen and oxygen atoms in total. The lowest BCUT2D eigenvalue weighted by Crippen LogP contribution is -2.30. The highest BCUT2D eigenvalue weighted by atomic mass is 19.4. The van der Waals surface area contributed by atoms with Gasteiger partial charge >= 0.3 is 12.1 Å². The van der Waals surface area contributed by atoms with E-state index in [0.717, 1.165) is 30.7 Å². The minimum Gasteiger partial charge on any atom is -0.449 e. The Bertz CT molecular complexity index is 940. The highest BCUT2D eigenvalue weighted by Crippen LogP contribution is 2.30. The number of carbonyl (C=O) groups is 3. The fourth-order valence-corrected chi connectivity index (χ4v) is 2.97. The van der Waals surface area contributed by atoms with Crippen LogP contribution in [0.15, 0.2) is 48.5 Å². The van der Waals surface area contributed by atoms with Crippen LogP contribution in [0.5, 0.6) is 0 Å². The summed E-state index contributed by atoms with van der Waals surface area (Å²) in [5.41, 5.74) is 0.205. The Morgan fingerprint density at radius 2 is 1.70 bits per heavy atom. The number of esters is 1. The van der Waals surface area contributed by atoms with Crippen LogP contribution in [0.4, 0.5) is 24.5 Å². The van der Waals surface area contributed by atoms with E-state index in [-0.39, 0.29) is 17.2 Å². The molecule has 1 unspecified atom stereocenters. The number of hydrogen-bond donors (Lipinski definition) is 1. The first-order valence-electron chi connectivity index (χ1n) is 9.24.